The van der Waals surface area contributed by atoms with Crippen molar-refractivity contribution in [3.8, 4) is 11.5 Å². The molecule has 9 heteroatoms. The monoisotopic (exact) mass is 600 g/mol. The van der Waals surface area contributed by atoms with Crippen molar-refractivity contribution < 1.29 is 14.3 Å². The SMILES string of the molecule is CCOc1cc(C2C3=C(CC(C)(C)CC3=O)Nc3nc(SCc4ccccc4Cl)nn32)ccc1OCc1ccccc1. The largest absolute Gasteiger partial charge is 0.490 e. The Kier molecular flexibility index (Phi) is 8.01. The maximum atomic E-state index is 13.7. The quantitative estimate of drug-likeness (QED) is 0.196. The number of hydrogen-bond acceptors (Lipinski definition) is 7. The Morgan fingerprint density at radius 3 is 2.60 bits per heavy atom. The summed E-state index contributed by atoms with van der Waals surface area (Å²) in [6, 6.07) is 23.3. The topological polar surface area (TPSA) is 78.3 Å². The third-order valence-electron chi connectivity index (χ3n) is 7.45. The molecule has 0 fully saturated rings. The molecule has 1 unspecified atom stereocenters. The van der Waals surface area contributed by atoms with Crippen LogP contribution in [0.1, 0.15) is 56.3 Å². The number of rotatable bonds is 9. The minimum absolute atomic E-state index is 0.118. The van der Waals surface area contributed by atoms with Crippen LogP contribution < -0.4 is 14.8 Å². The van der Waals surface area contributed by atoms with Crippen LogP contribution in [-0.2, 0) is 17.2 Å². The number of carbonyl (C=O) groups excluding carboxylic acids is 1. The number of carbonyl (C=O) groups is 1. The Morgan fingerprint density at radius 2 is 1.81 bits per heavy atom. The van der Waals surface area contributed by atoms with Crippen molar-refractivity contribution in [3.05, 3.63) is 106 Å². The van der Waals surface area contributed by atoms with Gasteiger partial charge in [-0.2, -0.15) is 4.98 Å². The second kappa shape index (κ2) is 11.9. The molecule has 7 nitrogen and oxygen atoms in total. The number of halogens is 1. The third kappa shape index (κ3) is 5.92. The molecule has 2 heterocycles. The molecule has 1 N–H and O–H groups in total. The molecule has 1 aromatic heterocycles. The van der Waals surface area contributed by atoms with Gasteiger partial charge in [0.2, 0.25) is 11.1 Å². The van der Waals surface area contributed by atoms with Crippen molar-refractivity contribution in [3.63, 3.8) is 0 Å². The highest BCUT2D eigenvalue weighted by molar-refractivity contribution is 7.98. The lowest BCUT2D eigenvalue weighted by molar-refractivity contribution is -0.118. The summed E-state index contributed by atoms with van der Waals surface area (Å²) in [5.41, 5.74) is 4.47. The summed E-state index contributed by atoms with van der Waals surface area (Å²) >= 11 is 7.91. The molecule has 0 amide bonds. The summed E-state index contributed by atoms with van der Waals surface area (Å²) in [5, 5.41) is 9.68. The average molecular weight is 601 g/mol. The minimum atomic E-state index is -0.440. The number of hydrogen-bond donors (Lipinski definition) is 1. The van der Waals surface area contributed by atoms with E-state index in [0.717, 1.165) is 34.4 Å². The van der Waals surface area contributed by atoms with Crippen molar-refractivity contribution in [1.29, 1.82) is 0 Å². The van der Waals surface area contributed by atoms with Crippen LogP contribution in [0.2, 0.25) is 5.02 Å². The maximum Gasteiger partial charge on any atom is 0.227 e. The lowest BCUT2D eigenvalue weighted by Crippen LogP contribution is -2.36. The predicted octanol–water partition coefficient (Wildman–Crippen LogP) is 7.86. The maximum absolute atomic E-state index is 13.7. The van der Waals surface area contributed by atoms with Crippen LogP contribution in [0.5, 0.6) is 11.5 Å². The van der Waals surface area contributed by atoms with E-state index in [0.29, 0.717) is 53.0 Å². The number of fused-ring (bicyclic) bond motifs is 1. The van der Waals surface area contributed by atoms with Gasteiger partial charge in [0.05, 0.1) is 6.61 Å². The van der Waals surface area contributed by atoms with Crippen LogP contribution in [0.15, 0.2) is 89.2 Å². The predicted molar refractivity (Wildman–Crippen MR) is 166 cm³/mol. The first kappa shape index (κ1) is 28.4. The van der Waals surface area contributed by atoms with Crippen molar-refractivity contribution in [2.24, 2.45) is 5.41 Å². The first-order chi connectivity index (χ1) is 20.3. The zero-order chi connectivity index (χ0) is 29.3. The molecule has 0 saturated heterocycles. The smallest absolute Gasteiger partial charge is 0.227 e. The van der Waals surface area contributed by atoms with Crippen LogP contribution in [0.4, 0.5) is 5.95 Å². The molecule has 0 radical (unpaired) electrons. The van der Waals surface area contributed by atoms with E-state index >= 15 is 0 Å². The highest BCUT2D eigenvalue weighted by Crippen LogP contribution is 2.47. The van der Waals surface area contributed by atoms with Gasteiger partial charge in [-0.1, -0.05) is 91.8 Å². The van der Waals surface area contributed by atoms with E-state index in [1.54, 1.807) is 0 Å². The molecule has 1 aliphatic heterocycles. The van der Waals surface area contributed by atoms with Crippen LogP contribution >= 0.6 is 23.4 Å². The summed E-state index contributed by atoms with van der Waals surface area (Å²) in [7, 11) is 0. The van der Waals surface area contributed by atoms with Crippen LogP contribution in [0.3, 0.4) is 0 Å². The number of thioether (sulfide) groups is 1. The third-order valence-corrected chi connectivity index (χ3v) is 8.70. The van der Waals surface area contributed by atoms with Crippen molar-refractivity contribution in [2.45, 2.75) is 57.2 Å². The zero-order valence-electron chi connectivity index (χ0n) is 23.9. The standard InChI is InChI=1S/C33H33ClN4O3S/c1-4-40-28-16-22(14-15-27(28)41-19-21-10-6-5-7-11-21)30-29-25(17-33(2,3)18-26(29)39)35-31-36-32(37-38(30)31)42-20-23-12-8-9-13-24(23)34/h5-16,30H,4,17-20H2,1-3H3,(H,35,36,37). The highest BCUT2D eigenvalue weighted by Gasteiger charge is 2.42. The lowest BCUT2D eigenvalue weighted by atomic mass is 9.73. The summed E-state index contributed by atoms with van der Waals surface area (Å²) in [4.78, 5) is 18.5. The molecular weight excluding hydrogens is 568 g/mol. The van der Waals surface area contributed by atoms with Gasteiger partial charge in [0.15, 0.2) is 17.3 Å². The van der Waals surface area contributed by atoms with Gasteiger partial charge in [0.1, 0.15) is 12.6 Å². The van der Waals surface area contributed by atoms with Gasteiger partial charge < -0.3 is 14.8 Å². The summed E-state index contributed by atoms with van der Waals surface area (Å²) in [6.07, 6.45) is 1.22. The van der Waals surface area contributed by atoms with E-state index in [9.17, 15) is 4.79 Å². The molecule has 0 spiro atoms. The van der Waals surface area contributed by atoms with E-state index in [1.807, 2.05) is 84.4 Å². The molecule has 4 aromatic rings. The molecule has 0 bridgehead atoms. The van der Waals surface area contributed by atoms with Gasteiger partial charge in [-0.25, -0.2) is 4.68 Å². The van der Waals surface area contributed by atoms with Crippen molar-refractivity contribution in [2.75, 3.05) is 11.9 Å². The number of nitrogens with zero attached hydrogens (tertiary/aromatic N) is 3. The summed E-state index contributed by atoms with van der Waals surface area (Å²) in [6.45, 7) is 7.11. The minimum Gasteiger partial charge on any atom is -0.490 e. The van der Waals surface area contributed by atoms with Gasteiger partial charge in [-0.05, 0) is 53.6 Å². The van der Waals surface area contributed by atoms with Gasteiger partial charge in [-0.15, -0.1) is 5.10 Å². The Bertz CT molecular complexity index is 1650. The normalized spacial score (nSPS) is 17.3. The number of Topliss-reactive ketones (excluding diaryl/α,β-unsaturated/α-hetero) is 1. The van der Waals surface area contributed by atoms with E-state index in [1.165, 1.54) is 11.8 Å². The molecule has 216 valence electrons. The molecule has 0 saturated carbocycles. The fourth-order valence-electron chi connectivity index (χ4n) is 5.53. The van der Waals surface area contributed by atoms with E-state index in [-0.39, 0.29) is 11.2 Å². The molecule has 42 heavy (non-hydrogen) atoms. The second-order valence-corrected chi connectivity index (χ2v) is 12.7. The number of ketones is 1. The van der Waals surface area contributed by atoms with Crippen molar-refractivity contribution in [1.82, 2.24) is 14.8 Å². The molecule has 3 aromatic carbocycles. The number of nitrogens with one attached hydrogen (secondary N) is 1. The fourth-order valence-corrected chi connectivity index (χ4v) is 6.65. The number of aromatic nitrogens is 3. The van der Waals surface area contributed by atoms with Gasteiger partial charge in [0.25, 0.3) is 0 Å². The number of ether oxygens (including phenoxy) is 2. The average Bonchev–Trinajstić information content (AvgIpc) is 3.37. The zero-order valence-corrected chi connectivity index (χ0v) is 25.5. The van der Waals surface area contributed by atoms with E-state index in [2.05, 4.69) is 19.2 Å². The van der Waals surface area contributed by atoms with Crippen LogP contribution in [-0.4, -0.2) is 27.2 Å². The van der Waals surface area contributed by atoms with Gasteiger partial charge in [0, 0.05) is 28.5 Å². The van der Waals surface area contributed by atoms with Crippen LogP contribution in [0.25, 0.3) is 0 Å². The molecule has 1 aliphatic carbocycles. The van der Waals surface area contributed by atoms with E-state index in [4.69, 9.17) is 31.2 Å². The Labute approximate surface area is 255 Å². The highest BCUT2D eigenvalue weighted by atomic mass is 35.5. The fraction of sp³-hybridized carbons (Fsp3) is 0.303. The van der Waals surface area contributed by atoms with E-state index < -0.39 is 6.04 Å². The molecule has 2 aliphatic rings. The Hall–Kier alpha value is -3.75. The Balaban J connectivity index is 1.36. The number of benzene rings is 3. The Morgan fingerprint density at radius 1 is 1.02 bits per heavy atom. The second-order valence-electron chi connectivity index (χ2n) is 11.3. The summed E-state index contributed by atoms with van der Waals surface area (Å²) < 4.78 is 14.0. The number of allylic oxidation sites excluding steroid dienone is 2. The first-order valence-electron chi connectivity index (χ1n) is 14.1. The first-order valence-corrected chi connectivity index (χ1v) is 15.5. The molecular formula is C33H33ClN4O3S. The van der Waals surface area contributed by atoms with Gasteiger partial charge in [-0.3, -0.25) is 4.79 Å². The van der Waals surface area contributed by atoms with Crippen molar-refractivity contribution >= 4 is 35.1 Å². The summed E-state index contributed by atoms with van der Waals surface area (Å²) in [5.74, 6) is 2.65. The van der Waals surface area contributed by atoms with Gasteiger partial charge >= 0.3 is 0 Å². The van der Waals surface area contributed by atoms with Crippen LogP contribution in [0, 0.1) is 5.41 Å². The lowest BCUT2D eigenvalue weighted by Gasteiger charge is -2.38. The number of anilines is 1. The molecule has 1 atom stereocenters. The molecule has 6 rings (SSSR count).